The van der Waals surface area contributed by atoms with Gasteiger partial charge in [0.1, 0.15) is 0 Å². The van der Waals surface area contributed by atoms with Gasteiger partial charge in [0.15, 0.2) is 0 Å². The summed E-state index contributed by atoms with van der Waals surface area (Å²) in [5.74, 6) is 0.00727. The largest absolute Gasteiger partial charge is 0.388 e. The molecule has 1 aromatic rings. The Morgan fingerprint density at radius 1 is 1.40 bits per heavy atom. The van der Waals surface area contributed by atoms with Gasteiger partial charge in [0, 0.05) is 30.9 Å². The lowest BCUT2D eigenvalue weighted by Crippen LogP contribution is -2.45. The van der Waals surface area contributed by atoms with E-state index in [9.17, 15) is 4.79 Å². The van der Waals surface area contributed by atoms with Crippen LogP contribution in [-0.4, -0.2) is 31.2 Å². The summed E-state index contributed by atoms with van der Waals surface area (Å²) in [4.78, 5) is 12.4. The first-order chi connectivity index (χ1) is 9.41. The molecule has 0 radical (unpaired) electrons. The van der Waals surface area contributed by atoms with Crippen LogP contribution in [0.15, 0.2) is 18.2 Å². The van der Waals surface area contributed by atoms with Gasteiger partial charge in [-0.25, -0.2) is 0 Å². The number of aryl methyl sites for hydroxylation is 1. The van der Waals surface area contributed by atoms with E-state index in [1.165, 1.54) is 0 Å². The van der Waals surface area contributed by atoms with Crippen LogP contribution in [0, 0.1) is 6.92 Å². The van der Waals surface area contributed by atoms with Gasteiger partial charge in [0.25, 0.3) is 5.91 Å². The van der Waals surface area contributed by atoms with Gasteiger partial charge in [-0.05, 0) is 57.4 Å². The Balaban J connectivity index is 2.05. The molecule has 1 aliphatic heterocycles. The second kappa shape index (κ2) is 5.83. The summed E-state index contributed by atoms with van der Waals surface area (Å²) in [5.41, 5.74) is 2.60. The Kier molecular flexibility index (Phi) is 4.33. The van der Waals surface area contributed by atoms with Crippen LogP contribution >= 0.6 is 0 Å². The molecule has 1 atom stereocenters. The number of nitrogens with one attached hydrogen (secondary N) is 2. The molecule has 1 saturated heterocycles. The zero-order valence-electron chi connectivity index (χ0n) is 12.7. The lowest BCUT2D eigenvalue weighted by atomic mass is 9.93. The molecule has 0 saturated carbocycles. The zero-order chi connectivity index (χ0) is 14.8. The molecule has 2 rings (SSSR count). The fraction of sp³-hybridized carbons (Fsp3) is 0.562. The third kappa shape index (κ3) is 3.51. The molecule has 1 fully saturated rings. The van der Waals surface area contributed by atoms with Gasteiger partial charge in [0.05, 0.1) is 5.60 Å². The van der Waals surface area contributed by atoms with E-state index >= 15 is 0 Å². The smallest absolute Gasteiger partial charge is 0.251 e. The quantitative estimate of drug-likeness (QED) is 0.892. The number of carbonyl (C=O) groups excluding carboxylic acids is 1. The fourth-order valence-corrected chi connectivity index (χ4v) is 2.69. The average Bonchev–Trinajstić information content (AvgIpc) is 2.37. The molecule has 1 heterocycles. The van der Waals surface area contributed by atoms with Gasteiger partial charge in [-0.1, -0.05) is 0 Å². The second-order valence-electron chi connectivity index (χ2n) is 6.05. The van der Waals surface area contributed by atoms with Gasteiger partial charge >= 0.3 is 0 Å². The predicted octanol–water partition coefficient (Wildman–Crippen LogP) is 2.72. The number of anilines is 1. The molecule has 0 aromatic heterocycles. The van der Waals surface area contributed by atoms with Crippen molar-refractivity contribution in [1.82, 2.24) is 5.32 Å². The lowest BCUT2D eigenvalue weighted by Gasteiger charge is -2.35. The predicted molar refractivity (Wildman–Crippen MR) is 81.2 cm³/mol. The van der Waals surface area contributed by atoms with Crippen LogP contribution in [0.2, 0.25) is 0 Å². The minimum atomic E-state index is -0.152. The van der Waals surface area contributed by atoms with E-state index in [4.69, 9.17) is 4.74 Å². The third-order valence-electron chi connectivity index (χ3n) is 3.79. The van der Waals surface area contributed by atoms with Crippen LogP contribution in [0.3, 0.4) is 0 Å². The van der Waals surface area contributed by atoms with Crippen molar-refractivity contribution >= 4 is 11.6 Å². The molecule has 20 heavy (non-hydrogen) atoms. The van der Waals surface area contributed by atoms with E-state index in [1.807, 2.05) is 32.2 Å². The number of hydrogen-bond acceptors (Lipinski definition) is 3. The van der Waals surface area contributed by atoms with Crippen LogP contribution < -0.4 is 10.6 Å². The molecule has 1 aromatic carbocycles. The maximum atomic E-state index is 12.4. The van der Waals surface area contributed by atoms with Crippen molar-refractivity contribution in [3.8, 4) is 0 Å². The maximum Gasteiger partial charge on any atom is 0.251 e. The molecule has 1 aliphatic rings. The standard InChI is InChI=1S/C16H24N2O2/c1-11-9-12(17-4)5-6-14(11)15(19)18-13-7-8-20-16(2,3)10-13/h5-6,9,13,17H,7-8,10H2,1-4H3,(H,18,19). The number of ether oxygens (including phenoxy) is 1. The van der Waals surface area contributed by atoms with E-state index in [-0.39, 0.29) is 17.6 Å². The van der Waals surface area contributed by atoms with Crippen LogP contribution in [0.4, 0.5) is 5.69 Å². The van der Waals surface area contributed by atoms with Gasteiger partial charge < -0.3 is 15.4 Å². The number of carbonyl (C=O) groups is 1. The fourth-order valence-electron chi connectivity index (χ4n) is 2.69. The minimum absolute atomic E-state index is 0.00727. The summed E-state index contributed by atoms with van der Waals surface area (Å²) in [6.45, 7) is 6.80. The van der Waals surface area contributed by atoms with Crippen molar-refractivity contribution < 1.29 is 9.53 Å². The normalized spacial score (nSPS) is 21.3. The lowest BCUT2D eigenvalue weighted by molar-refractivity contribution is -0.0615. The number of rotatable bonds is 3. The summed E-state index contributed by atoms with van der Waals surface area (Å²) in [5, 5.41) is 6.21. The Labute approximate surface area is 120 Å². The van der Waals surface area contributed by atoms with Crippen molar-refractivity contribution in [3.05, 3.63) is 29.3 Å². The van der Waals surface area contributed by atoms with E-state index < -0.39 is 0 Å². The highest BCUT2D eigenvalue weighted by Gasteiger charge is 2.29. The van der Waals surface area contributed by atoms with Crippen LogP contribution in [-0.2, 0) is 4.74 Å². The molecule has 2 N–H and O–H groups in total. The van der Waals surface area contributed by atoms with E-state index in [1.54, 1.807) is 0 Å². The molecule has 4 heteroatoms. The third-order valence-corrected chi connectivity index (χ3v) is 3.79. The molecular formula is C16H24N2O2. The molecule has 1 unspecified atom stereocenters. The first-order valence-electron chi connectivity index (χ1n) is 7.14. The molecule has 1 amide bonds. The average molecular weight is 276 g/mol. The van der Waals surface area contributed by atoms with Crippen molar-refractivity contribution in [2.45, 2.75) is 45.3 Å². The van der Waals surface area contributed by atoms with Crippen LogP contribution in [0.25, 0.3) is 0 Å². The highest BCUT2D eigenvalue weighted by molar-refractivity contribution is 5.96. The molecular weight excluding hydrogens is 252 g/mol. The number of benzene rings is 1. The molecule has 110 valence electrons. The number of hydrogen-bond donors (Lipinski definition) is 2. The van der Waals surface area contributed by atoms with Crippen molar-refractivity contribution in [3.63, 3.8) is 0 Å². The molecule has 0 bridgehead atoms. The first kappa shape index (κ1) is 14.9. The summed E-state index contributed by atoms with van der Waals surface area (Å²) >= 11 is 0. The Morgan fingerprint density at radius 2 is 2.15 bits per heavy atom. The monoisotopic (exact) mass is 276 g/mol. The van der Waals surface area contributed by atoms with Gasteiger partial charge in [-0.15, -0.1) is 0 Å². The first-order valence-corrected chi connectivity index (χ1v) is 7.14. The Hall–Kier alpha value is -1.55. The second-order valence-corrected chi connectivity index (χ2v) is 6.05. The minimum Gasteiger partial charge on any atom is -0.388 e. The summed E-state index contributed by atoms with van der Waals surface area (Å²) in [6.07, 6.45) is 1.73. The van der Waals surface area contributed by atoms with Crippen LogP contribution in [0.5, 0.6) is 0 Å². The maximum absolute atomic E-state index is 12.4. The number of amides is 1. The van der Waals surface area contributed by atoms with E-state index in [0.717, 1.165) is 29.7 Å². The summed E-state index contributed by atoms with van der Waals surface area (Å²) in [6, 6.07) is 5.98. The zero-order valence-corrected chi connectivity index (χ0v) is 12.7. The summed E-state index contributed by atoms with van der Waals surface area (Å²) in [7, 11) is 1.87. The Bertz CT molecular complexity index is 497. The van der Waals surface area contributed by atoms with E-state index in [0.29, 0.717) is 6.61 Å². The summed E-state index contributed by atoms with van der Waals surface area (Å²) < 4.78 is 5.68. The van der Waals surface area contributed by atoms with Crippen molar-refractivity contribution in [2.24, 2.45) is 0 Å². The Morgan fingerprint density at radius 3 is 2.75 bits per heavy atom. The van der Waals surface area contributed by atoms with Gasteiger partial charge in [-0.2, -0.15) is 0 Å². The highest BCUT2D eigenvalue weighted by Crippen LogP contribution is 2.24. The van der Waals surface area contributed by atoms with Crippen molar-refractivity contribution in [2.75, 3.05) is 19.0 Å². The topological polar surface area (TPSA) is 50.4 Å². The van der Waals surface area contributed by atoms with Gasteiger partial charge in [0.2, 0.25) is 0 Å². The van der Waals surface area contributed by atoms with Gasteiger partial charge in [-0.3, -0.25) is 4.79 Å². The highest BCUT2D eigenvalue weighted by atomic mass is 16.5. The molecule has 0 aliphatic carbocycles. The van der Waals surface area contributed by atoms with Crippen LogP contribution in [0.1, 0.15) is 42.6 Å². The van der Waals surface area contributed by atoms with Crippen molar-refractivity contribution in [1.29, 1.82) is 0 Å². The molecule has 4 nitrogen and oxygen atoms in total. The molecule has 0 spiro atoms. The van der Waals surface area contributed by atoms with E-state index in [2.05, 4.69) is 24.5 Å². The SMILES string of the molecule is CNc1ccc(C(=O)NC2CCOC(C)(C)C2)c(C)c1.